The number of amides is 1. The predicted octanol–water partition coefficient (Wildman–Crippen LogP) is 27.8. The van der Waals surface area contributed by atoms with Gasteiger partial charge in [0.25, 0.3) is 0 Å². The highest BCUT2D eigenvalue weighted by molar-refractivity contribution is 5.76. The molecule has 6 heteroatoms. The first-order valence-corrected chi connectivity index (χ1v) is 41.9. The third-order valence-corrected chi connectivity index (χ3v) is 20.1. The minimum Gasteiger partial charge on any atom is -0.466 e. The molecular formula is C84H165NO5. The van der Waals surface area contributed by atoms with Crippen molar-refractivity contribution in [3.63, 3.8) is 0 Å². The first kappa shape index (κ1) is 88.6. The molecule has 0 fully saturated rings. The van der Waals surface area contributed by atoms with E-state index in [0.717, 1.165) is 38.5 Å². The van der Waals surface area contributed by atoms with Gasteiger partial charge in [0.05, 0.1) is 25.4 Å². The van der Waals surface area contributed by atoms with Crippen LogP contribution in [0.3, 0.4) is 0 Å². The number of aliphatic hydroxyl groups excluding tert-OH is 2. The summed E-state index contributed by atoms with van der Waals surface area (Å²) < 4.78 is 5.49. The molecular weight excluding hydrogens is 1100 g/mol. The topological polar surface area (TPSA) is 95.9 Å². The molecule has 0 aromatic rings. The van der Waals surface area contributed by atoms with Gasteiger partial charge in [-0.15, -0.1) is 0 Å². The Balaban J connectivity index is 3.32. The van der Waals surface area contributed by atoms with Crippen molar-refractivity contribution < 1.29 is 24.5 Å². The first-order chi connectivity index (χ1) is 44.5. The lowest BCUT2D eigenvalue weighted by atomic mass is 10.0. The van der Waals surface area contributed by atoms with Crippen LogP contribution in [-0.4, -0.2) is 47.4 Å². The van der Waals surface area contributed by atoms with Gasteiger partial charge in [-0.25, -0.2) is 0 Å². The van der Waals surface area contributed by atoms with Gasteiger partial charge >= 0.3 is 5.97 Å². The molecule has 6 nitrogen and oxygen atoms in total. The number of allylic oxidation sites excluding steroid dienone is 2. The fourth-order valence-corrected chi connectivity index (χ4v) is 13.7. The van der Waals surface area contributed by atoms with Crippen molar-refractivity contribution in [2.24, 2.45) is 0 Å². The van der Waals surface area contributed by atoms with Gasteiger partial charge in [0, 0.05) is 12.8 Å². The summed E-state index contributed by atoms with van der Waals surface area (Å²) in [6, 6.07) is -0.539. The van der Waals surface area contributed by atoms with E-state index in [1.807, 2.05) is 0 Å². The molecule has 0 saturated carbocycles. The van der Waals surface area contributed by atoms with Gasteiger partial charge in [-0.1, -0.05) is 437 Å². The van der Waals surface area contributed by atoms with E-state index in [1.54, 1.807) is 0 Å². The molecule has 536 valence electrons. The van der Waals surface area contributed by atoms with E-state index in [2.05, 4.69) is 31.3 Å². The second-order valence-corrected chi connectivity index (χ2v) is 29.2. The maximum absolute atomic E-state index is 12.6. The van der Waals surface area contributed by atoms with Crippen LogP contribution in [0, 0.1) is 0 Å². The minimum atomic E-state index is -0.662. The molecule has 3 N–H and O–H groups in total. The summed E-state index contributed by atoms with van der Waals surface area (Å²) in [7, 11) is 0. The van der Waals surface area contributed by atoms with Crippen LogP contribution >= 0.6 is 0 Å². The highest BCUT2D eigenvalue weighted by Gasteiger charge is 2.20. The van der Waals surface area contributed by atoms with Crippen molar-refractivity contribution in [3.8, 4) is 0 Å². The maximum atomic E-state index is 12.6. The molecule has 0 spiro atoms. The van der Waals surface area contributed by atoms with E-state index in [0.29, 0.717) is 25.9 Å². The molecule has 0 aliphatic rings. The fraction of sp³-hybridized carbons (Fsp3) is 0.952. The van der Waals surface area contributed by atoms with E-state index in [9.17, 15) is 19.8 Å². The molecule has 0 aliphatic heterocycles. The molecule has 90 heavy (non-hydrogen) atoms. The van der Waals surface area contributed by atoms with Crippen molar-refractivity contribution in [2.45, 2.75) is 501 Å². The maximum Gasteiger partial charge on any atom is 0.305 e. The molecule has 0 saturated heterocycles. The largest absolute Gasteiger partial charge is 0.466 e. The van der Waals surface area contributed by atoms with Crippen molar-refractivity contribution in [1.29, 1.82) is 0 Å². The molecule has 1 amide bonds. The Hall–Kier alpha value is -1.40. The van der Waals surface area contributed by atoms with E-state index in [-0.39, 0.29) is 18.5 Å². The molecule has 0 aliphatic carbocycles. The van der Waals surface area contributed by atoms with Crippen LogP contribution in [0.5, 0.6) is 0 Å². The van der Waals surface area contributed by atoms with E-state index < -0.39 is 12.1 Å². The zero-order valence-corrected chi connectivity index (χ0v) is 61.7. The van der Waals surface area contributed by atoms with Crippen molar-refractivity contribution >= 4 is 11.9 Å². The van der Waals surface area contributed by atoms with Crippen LogP contribution in [0.1, 0.15) is 489 Å². The number of carbonyl (C=O) groups is 2. The highest BCUT2D eigenvalue weighted by atomic mass is 16.5. The molecule has 0 bridgehead atoms. The second-order valence-electron chi connectivity index (χ2n) is 29.2. The van der Waals surface area contributed by atoms with Crippen LogP contribution in [0.15, 0.2) is 12.2 Å². The molecule has 2 unspecified atom stereocenters. The van der Waals surface area contributed by atoms with Gasteiger partial charge in [-0.2, -0.15) is 0 Å². The van der Waals surface area contributed by atoms with Crippen LogP contribution in [0.2, 0.25) is 0 Å². The Morgan fingerprint density at radius 1 is 0.300 bits per heavy atom. The Kier molecular flexibility index (Phi) is 78.8. The van der Waals surface area contributed by atoms with E-state index in [1.165, 1.54) is 417 Å². The fourth-order valence-electron chi connectivity index (χ4n) is 13.7. The summed E-state index contributed by atoms with van der Waals surface area (Å²) in [5.74, 6) is -0.000103. The lowest BCUT2D eigenvalue weighted by molar-refractivity contribution is -0.143. The summed E-state index contributed by atoms with van der Waals surface area (Å²) in [6.07, 6.45) is 102. The average Bonchev–Trinajstić information content (AvgIpc) is 3.58. The molecule has 0 aromatic heterocycles. The van der Waals surface area contributed by atoms with Crippen LogP contribution in [0.25, 0.3) is 0 Å². The lowest BCUT2D eigenvalue weighted by Crippen LogP contribution is -2.45. The number of aliphatic hydroxyl groups is 2. The van der Waals surface area contributed by atoms with Gasteiger partial charge < -0.3 is 20.3 Å². The lowest BCUT2D eigenvalue weighted by Gasteiger charge is -2.22. The summed E-state index contributed by atoms with van der Waals surface area (Å²) >= 11 is 0. The standard InChI is InChI=1S/C84H165NO5/c1-3-5-7-9-11-13-15-17-18-19-20-21-41-44-47-50-53-56-60-64-68-72-76-82(87)81(80-86)85-83(88)77-73-69-65-61-57-54-51-48-45-42-39-37-35-33-31-29-27-25-23-22-24-26-28-30-32-34-36-38-40-43-46-49-52-55-59-63-67-71-75-79-90-84(89)78-74-70-66-62-58-16-14-12-10-8-6-4-2/h22-23,81-82,86-87H,3-21,24-80H2,1-2H3,(H,85,88)/b23-22-. The number of esters is 1. The van der Waals surface area contributed by atoms with Gasteiger partial charge in [-0.05, 0) is 51.4 Å². The monoisotopic (exact) mass is 1270 g/mol. The van der Waals surface area contributed by atoms with Crippen LogP contribution < -0.4 is 5.32 Å². The Morgan fingerprint density at radius 2 is 0.522 bits per heavy atom. The number of hydrogen-bond acceptors (Lipinski definition) is 5. The smallest absolute Gasteiger partial charge is 0.305 e. The van der Waals surface area contributed by atoms with Gasteiger partial charge in [-0.3, -0.25) is 9.59 Å². The highest BCUT2D eigenvalue weighted by Crippen LogP contribution is 2.21. The summed E-state index contributed by atoms with van der Waals surface area (Å²) in [6.45, 7) is 5.01. The molecule has 0 radical (unpaired) electrons. The normalized spacial score (nSPS) is 12.4. The third-order valence-electron chi connectivity index (χ3n) is 20.1. The van der Waals surface area contributed by atoms with Crippen molar-refractivity contribution in [1.82, 2.24) is 5.32 Å². The van der Waals surface area contributed by atoms with Gasteiger partial charge in [0.15, 0.2) is 0 Å². The third kappa shape index (κ3) is 75.6. The second kappa shape index (κ2) is 80.0. The summed E-state index contributed by atoms with van der Waals surface area (Å²) in [5, 5.41) is 23.5. The first-order valence-electron chi connectivity index (χ1n) is 41.9. The molecule has 0 rings (SSSR count). The van der Waals surface area contributed by atoms with Crippen molar-refractivity contribution in [2.75, 3.05) is 13.2 Å². The molecule has 0 aromatic carbocycles. The molecule has 0 heterocycles. The van der Waals surface area contributed by atoms with E-state index >= 15 is 0 Å². The van der Waals surface area contributed by atoms with E-state index in [4.69, 9.17) is 4.74 Å². The summed E-state index contributed by atoms with van der Waals surface area (Å²) in [5.41, 5.74) is 0. The van der Waals surface area contributed by atoms with Gasteiger partial charge in [0.2, 0.25) is 5.91 Å². The Morgan fingerprint density at radius 3 is 0.789 bits per heavy atom. The van der Waals surface area contributed by atoms with Crippen LogP contribution in [0.4, 0.5) is 0 Å². The number of ether oxygens (including phenoxy) is 1. The minimum absolute atomic E-state index is 0.0244. The number of carbonyl (C=O) groups excluding carboxylic acids is 2. The quantitative estimate of drug-likeness (QED) is 0.0320. The zero-order valence-electron chi connectivity index (χ0n) is 61.7. The van der Waals surface area contributed by atoms with Crippen molar-refractivity contribution in [3.05, 3.63) is 12.2 Å². The van der Waals surface area contributed by atoms with Gasteiger partial charge in [0.1, 0.15) is 0 Å². The number of unbranched alkanes of at least 4 members (excludes halogenated alkanes) is 67. The molecule has 2 atom stereocenters. The number of rotatable bonds is 80. The average molecular weight is 1270 g/mol. The Bertz CT molecular complexity index is 1370. The summed E-state index contributed by atoms with van der Waals surface area (Å²) in [4.78, 5) is 24.6. The Labute approximate surface area is 565 Å². The number of hydrogen-bond donors (Lipinski definition) is 3. The number of nitrogens with one attached hydrogen (secondary N) is 1. The predicted molar refractivity (Wildman–Crippen MR) is 398 cm³/mol. The SMILES string of the molecule is CCCCCCCCCCCCCCCCCCCCCCCCC(O)C(CO)NC(=O)CCCCCCCCCCCCCCCCCCC/C=C\CCCCCCCCCCCCCCCCCCCCOC(=O)CCCCCCCCCCCCCC. The van der Waals surface area contributed by atoms with Crippen LogP contribution in [-0.2, 0) is 14.3 Å². The zero-order chi connectivity index (χ0) is 64.9.